The minimum absolute atomic E-state index is 0.364. The van der Waals surface area contributed by atoms with Crippen molar-refractivity contribution in [1.29, 1.82) is 0 Å². The van der Waals surface area contributed by atoms with E-state index in [2.05, 4.69) is 13.8 Å². The van der Waals surface area contributed by atoms with Gasteiger partial charge in [-0.05, 0) is 37.6 Å². The van der Waals surface area contributed by atoms with Crippen LogP contribution in [0, 0.1) is 0 Å². The van der Waals surface area contributed by atoms with Gasteiger partial charge in [0.05, 0.1) is 19.3 Å². The van der Waals surface area contributed by atoms with Crippen LogP contribution in [0.15, 0.2) is 24.3 Å². The summed E-state index contributed by atoms with van der Waals surface area (Å²) in [6.45, 7) is 5.82. The molecule has 0 bridgehead atoms. The molecule has 3 nitrogen and oxygen atoms in total. The summed E-state index contributed by atoms with van der Waals surface area (Å²) in [5, 5.41) is 0. The highest BCUT2D eigenvalue weighted by Gasteiger charge is 2.01. The molecule has 0 spiro atoms. The van der Waals surface area contributed by atoms with Crippen molar-refractivity contribution in [3.8, 4) is 5.75 Å². The normalized spacial score (nSPS) is 12.3. The van der Waals surface area contributed by atoms with Gasteiger partial charge in [-0.15, -0.1) is 0 Å². The molecule has 0 amide bonds. The lowest BCUT2D eigenvalue weighted by molar-refractivity contribution is 0.0507. The third-order valence-electron chi connectivity index (χ3n) is 3.05. The molecule has 3 heteroatoms. The van der Waals surface area contributed by atoms with Gasteiger partial charge in [0.1, 0.15) is 5.75 Å². The summed E-state index contributed by atoms with van der Waals surface area (Å²) in [5.74, 6) is 0.866. The highest BCUT2D eigenvalue weighted by Crippen LogP contribution is 2.13. The van der Waals surface area contributed by atoms with E-state index in [-0.39, 0.29) is 0 Å². The second-order valence-corrected chi connectivity index (χ2v) is 4.95. The standard InChI is InChI=1S/C16H27NO2/c1-3-4-5-7-14(2)18-12-6-13-19-16-10-8-15(17)9-11-16/h8-11,14H,3-7,12-13,17H2,1-2H3/t14-/m0/s1. The summed E-state index contributed by atoms with van der Waals surface area (Å²) in [7, 11) is 0. The van der Waals surface area contributed by atoms with E-state index in [0.717, 1.165) is 30.9 Å². The number of nitrogens with two attached hydrogens (primary N) is 1. The summed E-state index contributed by atoms with van der Waals surface area (Å²) < 4.78 is 11.4. The van der Waals surface area contributed by atoms with Crippen LogP contribution in [-0.4, -0.2) is 19.3 Å². The van der Waals surface area contributed by atoms with Gasteiger partial charge in [-0.25, -0.2) is 0 Å². The molecule has 2 N–H and O–H groups in total. The van der Waals surface area contributed by atoms with Crippen LogP contribution in [0.3, 0.4) is 0 Å². The molecule has 1 atom stereocenters. The monoisotopic (exact) mass is 265 g/mol. The molecular formula is C16H27NO2. The predicted molar refractivity (Wildman–Crippen MR) is 80.5 cm³/mol. The van der Waals surface area contributed by atoms with E-state index in [1.165, 1.54) is 19.3 Å². The number of ether oxygens (including phenoxy) is 2. The van der Waals surface area contributed by atoms with Gasteiger partial charge in [-0.2, -0.15) is 0 Å². The number of unbranched alkanes of at least 4 members (excludes halogenated alkanes) is 2. The van der Waals surface area contributed by atoms with Crippen LogP contribution in [-0.2, 0) is 4.74 Å². The van der Waals surface area contributed by atoms with Crippen molar-refractivity contribution in [1.82, 2.24) is 0 Å². The van der Waals surface area contributed by atoms with E-state index in [4.69, 9.17) is 15.2 Å². The van der Waals surface area contributed by atoms with Crippen molar-refractivity contribution >= 4 is 5.69 Å². The fraction of sp³-hybridized carbons (Fsp3) is 0.625. The average molecular weight is 265 g/mol. The molecular weight excluding hydrogens is 238 g/mol. The Morgan fingerprint density at radius 1 is 1.05 bits per heavy atom. The Morgan fingerprint density at radius 3 is 2.47 bits per heavy atom. The first-order valence-electron chi connectivity index (χ1n) is 7.32. The Bertz CT molecular complexity index is 324. The number of hydrogen-bond donors (Lipinski definition) is 1. The van der Waals surface area contributed by atoms with Gasteiger partial charge in [0.25, 0.3) is 0 Å². The molecule has 0 saturated carbocycles. The zero-order chi connectivity index (χ0) is 13.9. The quantitative estimate of drug-likeness (QED) is 0.513. The van der Waals surface area contributed by atoms with Gasteiger partial charge < -0.3 is 15.2 Å². The van der Waals surface area contributed by atoms with E-state index in [9.17, 15) is 0 Å². The van der Waals surface area contributed by atoms with Crippen LogP contribution in [0.4, 0.5) is 5.69 Å². The van der Waals surface area contributed by atoms with Crippen LogP contribution < -0.4 is 10.5 Å². The Morgan fingerprint density at radius 2 is 1.79 bits per heavy atom. The van der Waals surface area contributed by atoms with E-state index in [1.807, 2.05) is 24.3 Å². The van der Waals surface area contributed by atoms with E-state index < -0.39 is 0 Å². The zero-order valence-corrected chi connectivity index (χ0v) is 12.2. The zero-order valence-electron chi connectivity index (χ0n) is 12.2. The largest absolute Gasteiger partial charge is 0.494 e. The molecule has 0 saturated heterocycles. The van der Waals surface area contributed by atoms with Crippen LogP contribution in [0.5, 0.6) is 5.75 Å². The number of benzene rings is 1. The highest BCUT2D eigenvalue weighted by molar-refractivity contribution is 5.41. The molecule has 0 aliphatic carbocycles. The average Bonchev–Trinajstić information content (AvgIpc) is 2.41. The van der Waals surface area contributed by atoms with E-state index in [1.54, 1.807) is 0 Å². The Kier molecular flexibility index (Phi) is 8.07. The molecule has 108 valence electrons. The summed E-state index contributed by atoms with van der Waals surface area (Å²) >= 11 is 0. The summed E-state index contributed by atoms with van der Waals surface area (Å²) in [4.78, 5) is 0. The van der Waals surface area contributed by atoms with Gasteiger partial charge >= 0.3 is 0 Å². The molecule has 0 aliphatic rings. The maximum absolute atomic E-state index is 5.75. The van der Waals surface area contributed by atoms with Crippen molar-refractivity contribution in [2.75, 3.05) is 18.9 Å². The molecule has 0 radical (unpaired) electrons. The number of nitrogen functional groups attached to an aromatic ring is 1. The van der Waals surface area contributed by atoms with Crippen molar-refractivity contribution in [2.45, 2.75) is 52.1 Å². The van der Waals surface area contributed by atoms with Crippen LogP contribution >= 0.6 is 0 Å². The molecule has 1 aromatic carbocycles. The molecule has 19 heavy (non-hydrogen) atoms. The third-order valence-corrected chi connectivity index (χ3v) is 3.05. The van der Waals surface area contributed by atoms with Gasteiger partial charge in [0.2, 0.25) is 0 Å². The lowest BCUT2D eigenvalue weighted by atomic mass is 10.1. The van der Waals surface area contributed by atoms with Crippen molar-refractivity contribution in [2.24, 2.45) is 0 Å². The van der Waals surface area contributed by atoms with Crippen molar-refractivity contribution in [3.05, 3.63) is 24.3 Å². The topological polar surface area (TPSA) is 44.5 Å². The molecule has 0 heterocycles. The number of rotatable bonds is 10. The smallest absolute Gasteiger partial charge is 0.119 e. The van der Waals surface area contributed by atoms with Gasteiger partial charge in [0, 0.05) is 12.1 Å². The Labute approximate surface area is 117 Å². The maximum Gasteiger partial charge on any atom is 0.119 e. The highest BCUT2D eigenvalue weighted by atomic mass is 16.5. The van der Waals surface area contributed by atoms with Crippen LogP contribution in [0.1, 0.15) is 46.0 Å². The fourth-order valence-electron chi connectivity index (χ4n) is 1.86. The van der Waals surface area contributed by atoms with Gasteiger partial charge in [-0.1, -0.05) is 26.2 Å². The van der Waals surface area contributed by atoms with Gasteiger partial charge in [0.15, 0.2) is 0 Å². The number of anilines is 1. The first kappa shape index (κ1) is 15.8. The van der Waals surface area contributed by atoms with E-state index in [0.29, 0.717) is 12.7 Å². The molecule has 1 aromatic rings. The van der Waals surface area contributed by atoms with Crippen LogP contribution in [0.2, 0.25) is 0 Å². The molecule has 0 unspecified atom stereocenters. The third kappa shape index (κ3) is 7.73. The summed E-state index contributed by atoms with van der Waals surface area (Å²) in [5.41, 5.74) is 6.37. The fourth-order valence-corrected chi connectivity index (χ4v) is 1.86. The van der Waals surface area contributed by atoms with Crippen molar-refractivity contribution in [3.63, 3.8) is 0 Å². The Hall–Kier alpha value is -1.22. The SMILES string of the molecule is CCCCC[C@H](C)OCCCOc1ccc(N)cc1. The minimum atomic E-state index is 0.364. The van der Waals surface area contributed by atoms with Gasteiger partial charge in [-0.3, -0.25) is 0 Å². The second kappa shape index (κ2) is 9.68. The maximum atomic E-state index is 5.75. The Balaban J connectivity index is 2.00. The molecule has 0 aliphatic heterocycles. The molecule has 0 fully saturated rings. The second-order valence-electron chi connectivity index (χ2n) is 4.95. The van der Waals surface area contributed by atoms with Crippen LogP contribution in [0.25, 0.3) is 0 Å². The number of hydrogen-bond acceptors (Lipinski definition) is 3. The van der Waals surface area contributed by atoms with E-state index >= 15 is 0 Å². The van der Waals surface area contributed by atoms with Crippen molar-refractivity contribution < 1.29 is 9.47 Å². The lowest BCUT2D eigenvalue weighted by Gasteiger charge is -2.13. The first-order valence-corrected chi connectivity index (χ1v) is 7.32. The molecule has 0 aromatic heterocycles. The predicted octanol–water partition coefficient (Wildman–Crippen LogP) is 4.02. The lowest BCUT2D eigenvalue weighted by Crippen LogP contribution is -2.11. The first-order chi connectivity index (χ1) is 9.22. The minimum Gasteiger partial charge on any atom is -0.494 e. The summed E-state index contributed by atoms with van der Waals surface area (Å²) in [6, 6.07) is 7.48. The summed E-state index contributed by atoms with van der Waals surface area (Å²) in [6.07, 6.45) is 6.27. The molecule has 1 rings (SSSR count).